The van der Waals surface area contributed by atoms with Crippen LogP contribution in [0.3, 0.4) is 0 Å². The first kappa shape index (κ1) is 16.6. The van der Waals surface area contributed by atoms with Crippen molar-refractivity contribution >= 4 is 17.6 Å². The fraction of sp³-hybridized carbons (Fsp3) is 0.350. The summed E-state index contributed by atoms with van der Waals surface area (Å²) in [5, 5.41) is 8.39. The Morgan fingerprint density at radius 2 is 1.92 bits per heavy atom. The van der Waals surface area contributed by atoms with Crippen molar-refractivity contribution in [2.24, 2.45) is 0 Å². The standard InChI is InChI=1S/C20H22N3O3/c1-22-17-20(23(2)18(22)21,12-14-4-6-16(25-3)7-5-14)13-19(26-17)10-8-15(24)9-11-19/h4-11,21H,12-13H2,1-3H3/q+1. The third-order valence-corrected chi connectivity index (χ3v) is 5.55. The molecular weight excluding hydrogens is 330 g/mol. The minimum atomic E-state index is -0.640. The Kier molecular flexibility index (Phi) is 3.54. The number of fused-ring (bicyclic) bond motifs is 1. The summed E-state index contributed by atoms with van der Waals surface area (Å²) in [4.78, 5) is 13.5. The Hall–Kier alpha value is -2.89. The van der Waals surface area contributed by atoms with Crippen LogP contribution in [0.15, 0.2) is 48.6 Å². The third-order valence-electron chi connectivity index (χ3n) is 5.55. The molecule has 6 heteroatoms. The first-order chi connectivity index (χ1) is 12.4. The molecule has 1 aromatic carbocycles. The van der Waals surface area contributed by atoms with Crippen molar-refractivity contribution in [2.75, 3.05) is 21.2 Å². The molecule has 1 atom stereocenters. The highest BCUT2D eigenvalue weighted by atomic mass is 16.5. The largest absolute Gasteiger partial charge is 0.497 e. The Morgan fingerprint density at radius 1 is 1.27 bits per heavy atom. The Bertz CT molecular complexity index is 866. The van der Waals surface area contributed by atoms with Crippen molar-refractivity contribution in [2.45, 2.75) is 24.0 Å². The van der Waals surface area contributed by atoms with Gasteiger partial charge >= 0.3 is 5.96 Å². The molecule has 1 unspecified atom stereocenters. The maximum atomic E-state index is 11.6. The van der Waals surface area contributed by atoms with Crippen LogP contribution in [-0.4, -0.2) is 59.5 Å². The summed E-state index contributed by atoms with van der Waals surface area (Å²) in [7, 11) is 5.43. The van der Waals surface area contributed by atoms with Gasteiger partial charge in [-0.2, -0.15) is 0 Å². The molecule has 4 rings (SSSR count). The van der Waals surface area contributed by atoms with Crippen molar-refractivity contribution in [1.29, 1.82) is 5.41 Å². The van der Waals surface area contributed by atoms with Gasteiger partial charge in [-0.1, -0.05) is 12.1 Å². The van der Waals surface area contributed by atoms with Crippen LogP contribution in [0.5, 0.6) is 5.75 Å². The molecule has 1 N–H and O–H groups in total. The van der Waals surface area contributed by atoms with Gasteiger partial charge in [0.1, 0.15) is 5.75 Å². The summed E-state index contributed by atoms with van der Waals surface area (Å²) < 4.78 is 13.4. The summed E-state index contributed by atoms with van der Waals surface area (Å²) in [5.74, 6) is 1.95. The van der Waals surface area contributed by atoms with Gasteiger partial charge in [-0.05, 0) is 42.0 Å². The highest BCUT2D eigenvalue weighted by Crippen LogP contribution is 2.45. The molecule has 26 heavy (non-hydrogen) atoms. The fourth-order valence-electron chi connectivity index (χ4n) is 4.09. The van der Waals surface area contributed by atoms with E-state index in [1.807, 2.05) is 55.4 Å². The summed E-state index contributed by atoms with van der Waals surface area (Å²) in [6, 6.07) is 7.98. The lowest BCUT2D eigenvalue weighted by Gasteiger charge is -2.29. The van der Waals surface area contributed by atoms with E-state index >= 15 is 0 Å². The summed E-state index contributed by atoms with van der Waals surface area (Å²) in [5.41, 5.74) is 0.0350. The second-order valence-corrected chi connectivity index (χ2v) is 7.11. The zero-order valence-electron chi connectivity index (χ0n) is 15.2. The predicted molar refractivity (Wildman–Crippen MR) is 97.8 cm³/mol. The second kappa shape index (κ2) is 5.56. The van der Waals surface area contributed by atoms with Crippen molar-refractivity contribution in [1.82, 2.24) is 4.90 Å². The molecule has 0 radical (unpaired) electrons. The van der Waals surface area contributed by atoms with E-state index in [2.05, 4.69) is 0 Å². The van der Waals surface area contributed by atoms with E-state index in [1.54, 1.807) is 23.8 Å². The number of guanidine groups is 1. The first-order valence-corrected chi connectivity index (χ1v) is 8.57. The molecule has 1 fully saturated rings. The third kappa shape index (κ3) is 2.29. The molecular formula is C20H22N3O3+. The number of carbonyl (C=O) groups excluding carboxylic acids is 1. The van der Waals surface area contributed by atoms with Crippen LogP contribution < -0.4 is 4.74 Å². The van der Waals surface area contributed by atoms with E-state index in [4.69, 9.17) is 14.9 Å². The maximum absolute atomic E-state index is 11.6. The van der Waals surface area contributed by atoms with Crippen LogP contribution in [0.25, 0.3) is 0 Å². The van der Waals surface area contributed by atoms with Crippen molar-refractivity contribution < 1.29 is 18.8 Å². The number of rotatable bonds is 3. The first-order valence-electron chi connectivity index (χ1n) is 8.57. The molecule has 6 nitrogen and oxygen atoms in total. The van der Waals surface area contributed by atoms with Crippen LogP contribution in [0.2, 0.25) is 0 Å². The summed E-state index contributed by atoms with van der Waals surface area (Å²) in [6.45, 7) is 0. The lowest BCUT2D eigenvalue weighted by molar-refractivity contribution is -0.387. The fourth-order valence-corrected chi connectivity index (χ4v) is 4.09. The highest BCUT2D eigenvalue weighted by Gasteiger charge is 2.65. The van der Waals surface area contributed by atoms with E-state index in [-0.39, 0.29) is 5.78 Å². The second-order valence-electron chi connectivity index (χ2n) is 7.11. The van der Waals surface area contributed by atoms with E-state index in [9.17, 15) is 4.79 Å². The van der Waals surface area contributed by atoms with Gasteiger partial charge in [0.05, 0.1) is 21.2 Å². The molecule has 2 heterocycles. The van der Waals surface area contributed by atoms with Gasteiger partial charge in [0.25, 0.3) is 5.90 Å². The van der Waals surface area contributed by atoms with E-state index < -0.39 is 11.1 Å². The zero-order chi connectivity index (χ0) is 18.5. The van der Waals surface area contributed by atoms with E-state index in [1.165, 1.54) is 0 Å². The van der Waals surface area contributed by atoms with Gasteiger partial charge in [0.15, 0.2) is 16.9 Å². The summed E-state index contributed by atoms with van der Waals surface area (Å²) in [6.07, 6.45) is 8.14. The van der Waals surface area contributed by atoms with Crippen LogP contribution >= 0.6 is 0 Å². The number of benzene rings is 1. The Labute approximate surface area is 152 Å². The van der Waals surface area contributed by atoms with Gasteiger partial charge in [-0.25, -0.2) is 9.48 Å². The van der Waals surface area contributed by atoms with Crippen molar-refractivity contribution in [3.8, 4) is 5.75 Å². The number of methoxy groups -OCH3 is 1. The van der Waals surface area contributed by atoms with E-state index in [0.29, 0.717) is 18.8 Å². The molecule has 1 spiro atoms. The van der Waals surface area contributed by atoms with Crippen LogP contribution in [0, 0.1) is 5.41 Å². The minimum Gasteiger partial charge on any atom is -0.497 e. The van der Waals surface area contributed by atoms with Crippen LogP contribution in [0.4, 0.5) is 0 Å². The molecule has 134 valence electrons. The number of likely N-dealkylation sites (N-methyl/N-ethyl adjacent to an activating group) is 1. The number of hydrogen-bond donors (Lipinski definition) is 1. The van der Waals surface area contributed by atoms with Gasteiger partial charge in [-0.15, -0.1) is 5.41 Å². The quantitative estimate of drug-likeness (QED) is 0.842. The molecule has 1 aliphatic carbocycles. The Balaban J connectivity index is 1.75. The van der Waals surface area contributed by atoms with Crippen molar-refractivity contribution in [3.05, 3.63) is 54.1 Å². The SMILES string of the molecule is COc1ccc(CC23CC4(C=CC(=O)C=C4)OC2=[N+](C)C(=N)N3C)cc1. The molecule has 1 aromatic rings. The van der Waals surface area contributed by atoms with E-state index in [0.717, 1.165) is 17.2 Å². The van der Waals surface area contributed by atoms with Crippen LogP contribution in [-0.2, 0) is 16.0 Å². The molecule has 0 amide bonds. The highest BCUT2D eigenvalue weighted by molar-refractivity contribution is 6.02. The van der Waals surface area contributed by atoms with Gasteiger partial charge in [0, 0.05) is 12.8 Å². The number of carbonyl (C=O) groups is 1. The molecule has 0 aromatic heterocycles. The number of nitrogens with zero attached hydrogens (tertiary/aromatic N) is 2. The van der Waals surface area contributed by atoms with Gasteiger partial charge in [-0.3, -0.25) is 4.79 Å². The van der Waals surface area contributed by atoms with Crippen LogP contribution in [0.1, 0.15) is 12.0 Å². The molecule has 0 saturated carbocycles. The molecule has 3 aliphatic rings. The van der Waals surface area contributed by atoms with Gasteiger partial charge < -0.3 is 9.47 Å². The number of ketones is 1. The number of hydrogen-bond acceptors (Lipinski definition) is 4. The topological polar surface area (TPSA) is 65.6 Å². The molecule has 2 aliphatic heterocycles. The number of allylic oxidation sites excluding steroid dienone is 2. The normalized spacial score (nSPS) is 25.9. The van der Waals surface area contributed by atoms with Gasteiger partial charge in [0.2, 0.25) is 0 Å². The smallest absolute Gasteiger partial charge is 0.389 e. The lowest BCUT2D eigenvalue weighted by atomic mass is 9.81. The number of ether oxygens (including phenoxy) is 2. The zero-order valence-corrected chi connectivity index (χ0v) is 15.2. The monoisotopic (exact) mass is 352 g/mol. The molecule has 1 saturated heterocycles. The summed E-state index contributed by atoms with van der Waals surface area (Å²) >= 11 is 0. The van der Waals surface area contributed by atoms with Crippen molar-refractivity contribution in [3.63, 3.8) is 0 Å². The molecule has 0 bridgehead atoms. The average Bonchev–Trinajstić information content (AvgIpc) is 3.05. The average molecular weight is 352 g/mol. The predicted octanol–water partition coefficient (Wildman–Crippen LogP) is 1.75. The Morgan fingerprint density at radius 3 is 2.54 bits per heavy atom. The lowest BCUT2D eigenvalue weighted by Crippen LogP contribution is -2.49. The minimum absolute atomic E-state index is 0.0278. The maximum Gasteiger partial charge on any atom is 0.389 e. The number of nitrogens with one attached hydrogen (secondary N) is 1.